The molecule has 0 aliphatic carbocycles. The number of hydrogen-bond donors (Lipinski definition) is 1. The molecule has 2 unspecified atom stereocenters. The van der Waals surface area contributed by atoms with Crippen molar-refractivity contribution in [3.63, 3.8) is 0 Å². The van der Waals surface area contributed by atoms with Crippen LogP contribution >= 0.6 is 0 Å². The number of piperidine rings is 1. The number of nitrogens with one attached hydrogen (secondary N) is 1. The maximum absolute atomic E-state index is 13.3. The second kappa shape index (κ2) is 11.7. The highest BCUT2D eigenvalue weighted by atomic mass is 16.5. The molecule has 0 radical (unpaired) electrons. The number of aryl methyl sites for hydroxylation is 2. The van der Waals surface area contributed by atoms with Gasteiger partial charge in [0.05, 0.1) is 39.7 Å². The average Bonchev–Trinajstić information content (AvgIpc) is 2.86. The Hall–Kier alpha value is -3.55. The van der Waals surface area contributed by atoms with Crippen molar-refractivity contribution in [1.29, 1.82) is 0 Å². The van der Waals surface area contributed by atoms with Crippen LogP contribution < -0.4 is 14.8 Å². The summed E-state index contributed by atoms with van der Waals surface area (Å²) in [6, 6.07) is 10.4. The first kappa shape index (κ1) is 26.1. The Bertz CT molecular complexity index is 1060. The van der Waals surface area contributed by atoms with E-state index in [9.17, 15) is 14.4 Å². The van der Waals surface area contributed by atoms with Gasteiger partial charge in [-0.2, -0.15) is 0 Å². The maximum Gasteiger partial charge on any atom is 0.307 e. The van der Waals surface area contributed by atoms with E-state index in [0.29, 0.717) is 42.1 Å². The van der Waals surface area contributed by atoms with E-state index in [2.05, 4.69) is 5.32 Å². The van der Waals surface area contributed by atoms with Gasteiger partial charge in [0.25, 0.3) is 5.91 Å². The minimum Gasteiger partial charge on any atom is -0.493 e. The largest absolute Gasteiger partial charge is 0.493 e. The number of esters is 1. The van der Waals surface area contributed by atoms with Gasteiger partial charge in [0.1, 0.15) is 0 Å². The van der Waals surface area contributed by atoms with Gasteiger partial charge in [-0.25, -0.2) is 0 Å². The number of amides is 2. The molecule has 0 bridgehead atoms. The first-order chi connectivity index (χ1) is 16.7. The molecular weight excluding hydrogens is 448 g/mol. The highest BCUT2D eigenvalue weighted by Crippen LogP contribution is 2.31. The van der Waals surface area contributed by atoms with Gasteiger partial charge < -0.3 is 24.4 Å². The normalized spacial score (nSPS) is 16.3. The van der Waals surface area contributed by atoms with Crippen molar-refractivity contribution in [2.45, 2.75) is 39.2 Å². The Balaban J connectivity index is 1.76. The zero-order chi connectivity index (χ0) is 25.5. The topological polar surface area (TPSA) is 94.2 Å². The summed E-state index contributed by atoms with van der Waals surface area (Å²) in [7, 11) is 4.38. The summed E-state index contributed by atoms with van der Waals surface area (Å²) >= 11 is 0. The standard InChI is InChI=1S/C27H34N2O6/c1-17-11-18(2)13-21(12-17)27(32)29-10-6-7-20(16-29)26(31)28-22(15-25(30)35-5)19-8-9-23(33-3)24(14-19)34-4/h8-9,11-14,20,22H,6-7,10,15-16H2,1-5H3,(H,28,31). The van der Waals surface area contributed by atoms with Gasteiger partial charge in [0.15, 0.2) is 11.5 Å². The van der Waals surface area contributed by atoms with Crippen LogP contribution in [0.15, 0.2) is 36.4 Å². The summed E-state index contributed by atoms with van der Waals surface area (Å²) in [6.45, 7) is 4.86. The van der Waals surface area contributed by atoms with Crippen LogP contribution in [0, 0.1) is 19.8 Å². The average molecular weight is 483 g/mol. The molecule has 1 aliphatic heterocycles. The van der Waals surface area contributed by atoms with Gasteiger partial charge in [-0.15, -0.1) is 0 Å². The Labute approximate surface area is 206 Å². The van der Waals surface area contributed by atoms with Gasteiger partial charge in [-0.3, -0.25) is 14.4 Å². The van der Waals surface area contributed by atoms with E-state index in [-0.39, 0.29) is 24.2 Å². The van der Waals surface area contributed by atoms with Gasteiger partial charge in [0.2, 0.25) is 5.91 Å². The molecule has 1 heterocycles. The first-order valence-corrected chi connectivity index (χ1v) is 11.7. The van der Waals surface area contributed by atoms with Crippen LogP contribution in [0.5, 0.6) is 11.5 Å². The second-order valence-electron chi connectivity index (χ2n) is 8.92. The van der Waals surface area contributed by atoms with Crippen LogP contribution in [0.2, 0.25) is 0 Å². The van der Waals surface area contributed by atoms with E-state index in [1.807, 2.05) is 32.0 Å². The Morgan fingerprint density at radius 2 is 1.69 bits per heavy atom. The molecule has 1 fully saturated rings. The van der Waals surface area contributed by atoms with E-state index in [0.717, 1.165) is 17.5 Å². The quantitative estimate of drug-likeness (QED) is 0.578. The number of methoxy groups -OCH3 is 3. The molecule has 8 heteroatoms. The molecule has 2 amide bonds. The monoisotopic (exact) mass is 482 g/mol. The number of carbonyl (C=O) groups excluding carboxylic acids is 3. The summed E-state index contributed by atoms with van der Waals surface area (Å²) in [4.78, 5) is 40.3. The van der Waals surface area contributed by atoms with Crippen molar-refractivity contribution in [3.8, 4) is 11.5 Å². The third kappa shape index (κ3) is 6.53. The van der Waals surface area contributed by atoms with E-state index >= 15 is 0 Å². The van der Waals surface area contributed by atoms with Crippen LogP contribution in [0.3, 0.4) is 0 Å². The van der Waals surface area contributed by atoms with E-state index in [1.165, 1.54) is 14.2 Å². The molecule has 2 aromatic rings. The van der Waals surface area contributed by atoms with Crippen LogP contribution in [0.4, 0.5) is 0 Å². The third-order valence-corrected chi connectivity index (χ3v) is 6.27. The molecule has 1 aliphatic rings. The predicted molar refractivity (Wildman–Crippen MR) is 132 cm³/mol. The SMILES string of the molecule is COC(=O)CC(NC(=O)C1CCCN(C(=O)c2cc(C)cc(C)c2)C1)c1ccc(OC)c(OC)c1. The Kier molecular flexibility index (Phi) is 8.73. The highest BCUT2D eigenvalue weighted by molar-refractivity contribution is 5.95. The van der Waals surface area contributed by atoms with E-state index in [4.69, 9.17) is 14.2 Å². The van der Waals surface area contributed by atoms with Crippen molar-refractivity contribution in [3.05, 3.63) is 58.7 Å². The number of likely N-dealkylation sites (tertiary alicyclic amines) is 1. The van der Waals surface area contributed by atoms with Crippen molar-refractivity contribution in [2.24, 2.45) is 5.92 Å². The molecule has 1 saturated heterocycles. The van der Waals surface area contributed by atoms with Crippen LogP contribution in [0.25, 0.3) is 0 Å². The number of hydrogen-bond acceptors (Lipinski definition) is 6. The van der Waals surface area contributed by atoms with Crippen molar-refractivity contribution < 1.29 is 28.6 Å². The summed E-state index contributed by atoms with van der Waals surface area (Å²) in [6.07, 6.45) is 1.36. The summed E-state index contributed by atoms with van der Waals surface area (Å²) < 4.78 is 15.5. The fraction of sp³-hybridized carbons (Fsp3) is 0.444. The second-order valence-corrected chi connectivity index (χ2v) is 8.92. The molecule has 35 heavy (non-hydrogen) atoms. The lowest BCUT2D eigenvalue weighted by Gasteiger charge is -2.33. The summed E-state index contributed by atoms with van der Waals surface area (Å²) in [5, 5.41) is 3.00. The van der Waals surface area contributed by atoms with Gasteiger partial charge >= 0.3 is 5.97 Å². The van der Waals surface area contributed by atoms with Crippen molar-refractivity contribution >= 4 is 17.8 Å². The molecule has 188 valence electrons. The molecule has 3 rings (SSSR count). The highest BCUT2D eigenvalue weighted by Gasteiger charge is 2.31. The molecular formula is C27H34N2O6. The molecule has 1 N–H and O–H groups in total. The van der Waals surface area contributed by atoms with Gasteiger partial charge in [-0.1, -0.05) is 23.3 Å². The maximum atomic E-state index is 13.3. The number of benzene rings is 2. The lowest BCUT2D eigenvalue weighted by atomic mass is 9.94. The van der Waals surface area contributed by atoms with E-state index < -0.39 is 12.0 Å². The lowest BCUT2D eigenvalue weighted by Crippen LogP contribution is -2.46. The molecule has 0 spiro atoms. The zero-order valence-corrected chi connectivity index (χ0v) is 21.1. The minimum absolute atomic E-state index is 0.0321. The fourth-order valence-electron chi connectivity index (χ4n) is 4.52. The van der Waals surface area contributed by atoms with Gasteiger partial charge in [-0.05, 0) is 56.5 Å². The predicted octanol–water partition coefficient (Wildman–Crippen LogP) is 3.59. The fourth-order valence-corrected chi connectivity index (χ4v) is 4.52. The van der Waals surface area contributed by atoms with Crippen molar-refractivity contribution in [2.75, 3.05) is 34.4 Å². The zero-order valence-electron chi connectivity index (χ0n) is 21.1. The number of ether oxygens (including phenoxy) is 3. The molecule has 2 aromatic carbocycles. The lowest BCUT2D eigenvalue weighted by molar-refractivity contribution is -0.141. The number of rotatable bonds is 8. The smallest absolute Gasteiger partial charge is 0.307 e. The first-order valence-electron chi connectivity index (χ1n) is 11.7. The van der Waals surface area contributed by atoms with Crippen molar-refractivity contribution in [1.82, 2.24) is 10.2 Å². The summed E-state index contributed by atoms with van der Waals surface area (Å²) in [5.74, 6) is -0.0459. The third-order valence-electron chi connectivity index (χ3n) is 6.27. The Morgan fingerprint density at radius 3 is 2.31 bits per heavy atom. The molecule has 0 saturated carbocycles. The van der Waals surface area contributed by atoms with Crippen LogP contribution in [0.1, 0.15) is 52.4 Å². The van der Waals surface area contributed by atoms with Crippen LogP contribution in [-0.4, -0.2) is 57.1 Å². The molecule has 2 atom stereocenters. The minimum atomic E-state index is -0.611. The van der Waals surface area contributed by atoms with E-state index in [1.54, 1.807) is 30.2 Å². The summed E-state index contributed by atoms with van der Waals surface area (Å²) in [5.41, 5.74) is 3.39. The molecule has 0 aromatic heterocycles. The van der Waals surface area contributed by atoms with Gasteiger partial charge in [0, 0.05) is 18.7 Å². The molecule has 8 nitrogen and oxygen atoms in total. The Morgan fingerprint density at radius 1 is 1.00 bits per heavy atom. The number of nitrogens with zero attached hydrogens (tertiary/aromatic N) is 1. The van der Waals surface area contributed by atoms with Crippen LogP contribution in [-0.2, 0) is 14.3 Å². The number of carbonyl (C=O) groups is 3.